The lowest BCUT2D eigenvalue weighted by Crippen LogP contribution is -2.49. The highest BCUT2D eigenvalue weighted by molar-refractivity contribution is 6.85. The Kier molecular flexibility index (Phi) is 8.22. The third kappa shape index (κ3) is 6.01. The minimum absolute atomic E-state index is 0.0350. The van der Waals surface area contributed by atoms with Crippen molar-refractivity contribution < 1.29 is 0 Å². The molecule has 0 unspecified atom stereocenters. The molecule has 58 heavy (non-hydrogen) atoms. The second-order valence-corrected chi connectivity index (χ2v) is 14.8. The summed E-state index contributed by atoms with van der Waals surface area (Å²) >= 11 is 0. The van der Waals surface area contributed by atoms with Crippen LogP contribution in [0.2, 0.25) is 0 Å². The van der Waals surface area contributed by atoms with Gasteiger partial charge in [-0.05, 0) is 80.3 Å². The van der Waals surface area contributed by atoms with Crippen LogP contribution < -0.4 is 10.3 Å². The molecular weight excluding hydrogens is 703 g/mol. The number of anilines is 2. The van der Waals surface area contributed by atoms with E-state index in [0.29, 0.717) is 17.5 Å². The molecule has 8 aromatic carbocycles. The average Bonchev–Trinajstić information content (AvgIpc) is 3.32. The van der Waals surface area contributed by atoms with E-state index in [9.17, 15) is 0 Å². The SMILES string of the molecule is C1=Cc2ccccc2N2B1c1cc(-c3nc(-c4ccccc4)nc(-c4ccccc4)n3)ccc1-c1ccc(-c3cc(-c4ccccc4)cc(-c4ccccc4)c3)cc12. The van der Waals surface area contributed by atoms with Crippen molar-refractivity contribution >= 4 is 29.8 Å². The molecule has 2 aliphatic heterocycles. The highest BCUT2D eigenvalue weighted by Gasteiger charge is 2.37. The zero-order valence-corrected chi connectivity index (χ0v) is 31.6. The molecule has 0 atom stereocenters. The second kappa shape index (κ2) is 14.1. The molecule has 0 fully saturated rings. The van der Waals surface area contributed by atoms with Crippen LogP contribution in [0.25, 0.3) is 84.7 Å². The summed E-state index contributed by atoms with van der Waals surface area (Å²) in [6, 6.07) is 71.0. The van der Waals surface area contributed by atoms with Crippen LogP contribution in [0.5, 0.6) is 0 Å². The minimum atomic E-state index is -0.0350. The molecule has 11 rings (SSSR count). The largest absolute Gasteiger partial charge is 0.376 e. The number of hydrogen-bond donors (Lipinski definition) is 0. The monoisotopic (exact) mass is 738 g/mol. The van der Waals surface area contributed by atoms with Crippen molar-refractivity contribution in [2.75, 3.05) is 4.81 Å². The maximum absolute atomic E-state index is 5.08. The van der Waals surface area contributed by atoms with Gasteiger partial charge in [-0.25, -0.2) is 15.0 Å². The van der Waals surface area contributed by atoms with Gasteiger partial charge in [-0.1, -0.05) is 182 Å². The summed E-state index contributed by atoms with van der Waals surface area (Å²) in [6.07, 6.45) is 2.27. The maximum atomic E-state index is 5.08. The summed E-state index contributed by atoms with van der Waals surface area (Å²) in [4.78, 5) is 17.6. The Morgan fingerprint density at radius 3 is 1.38 bits per heavy atom. The van der Waals surface area contributed by atoms with Gasteiger partial charge in [0, 0.05) is 33.6 Å². The van der Waals surface area contributed by atoms with Crippen LogP contribution in [0.1, 0.15) is 5.56 Å². The molecule has 0 saturated carbocycles. The normalized spacial score (nSPS) is 12.3. The van der Waals surface area contributed by atoms with Gasteiger partial charge in [-0.3, -0.25) is 0 Å². The van der Waals surface area contributed by atoms with Gasteiger partial charge in [0.05, 0.1) is 0 Å². The van der Waals surface area contributed by atoms with E-state index in [1.54, 1.807) is 0 Å². The molecule has 0 saturated heterocycles. The summed E-state index contributed by atoms with van der Waals surface area (Å²) < 4.78 is 0. The van der Waals surface area contributed by atoms with Gasteiger partial charge in [-0.15, -0.1) is 0 Å². The van der Waals surface area contributed by atoms with Crippen LogP contribution >= 0.6 is 0 Å². The van der Waals surface area contributed by atoms with Crippen molar-refractivity contribution in [2.24, 2.45) is 0 Å². The third-order valence-corrected chi connectivity index (χ3v) is 11.3. The average molecular weight is 739 g/mol. The van der Waals surface area contributed by atoms with Crippen molar-refractivity contribution in [1.82, 2.24) is 15.0 Å². The molecule has 0 bridgehead atoms. The lowest BCUT2D eigenvalue weighted by Gasteiger charge is -2.40. The Morgan fingerprint density at radius 1 is 0.328 bits per heavy atom. The van der Waals surface area contributed by atoms with E-state index in [-0.39, 0.29) is 6.85 Å². The Morgan fingerprint density at radius 2 is 0.793 bits per heavy atom. The predicted octanol–water partition coefficient (Wildman–Crippen LogP) is 12.5. The number of hydrogen-bond acceptors (Lipinski definition) is 4. The number of nitrogens with zero attached hydrogens (tertiary/aromatic N) is 4. The Bertz CT molecular complexity index is 2890. The molecule has 0 N–H and O–H groups in total. The smallest absolute Gasteiger partial charge is 0.321 e. The first-order valence-electron chi connectivity index (χ1n) is 19.7. The van der Waals surface area contributed by atoms with Crippen LogP contribution in [-0.4, -0.2) is 21.8 Å². The Balaban J connectivity index is 1.08. The van der Waals surface area contributed by atoms with E-state index < -0.39 is 0 Å². The number of rotatable bonds is 6. The van der Waals surface area contributed by atoms with Gasteiger partial charge in [-0.2, -0.15) is 0 Å². The van der Waals surface area contributed by atoms with Gasteiger partial charge in [0.1, 0.15) is 0 Å². The van der Waals surface area contributed by atoms with Crippen LogP contribution in [0, 0.1) is 0 Å². The van der Waals surface area contributed by atoms with E-state index in [1.165, 1.54) is 66.9 Å². The fourth-order valence-electron chi connectivity index (χ4n) is 8.46. The fraction of sp³-hybridized carbons (Fsp3) is 0. The molecule has 5 heteroatoms. The van der Waals surface area contributed by atoms with Gasteiger partial charge < -0.3 is 4.81 Å². The van der Waals surface area contributed by atoms with Crippen molar-refractivity contribution in [2.45, 2.75) is 0 Å². The summed E-state index contributed by atoms with van der Waals surface area (Å²) in [7, 11) is 0. The van der Waals surface area contributed by atoms with E-state index in [1.807, 2.05) is 36.4 Å². The first-order valence-corrected chi connectivity index (χ1v) is 19.7. The molecule has 0 amide bonds. The molecule has 9 aromatic rings. The molecule has 270 valence electrons. The topological polar surface area (TPSA) is 41.9 Å². The van der Waals surface area contributed by atoms with Gasteiger partial charge in [0.15, 0.2) is 17.5 Å². The fourth-order valence-corrected chi connectivity index (χ4v) is 8.46. The van der Waals surface area contributed by atoms with Gasteiger partial charge >= 0.3 is 6.85 Å². The highest BCUT2D eigenvalue weighted by Crippen LogP contribution is 2.46. The zero-order valence-electron chi connectivity index (χ0n) is 31.6. The lowest BCUT2D eigenvalue weighted by molar-refractivity contribution is 1.07. The van der Waals surface area contributed by atoms with Crippen LogP contribution in [0.15, 0.2) is 206 Å². The quantitative estimate of drug-likeness (QED) is 0.159. The van der Waals surface area contributed by atoms with Crippen molar-refractivity contribution in [1.29, 1.82) is 0 Å². The van der Waals surface area contributed by atoms with E-state index in [0.717, 1.165) is 16.7 Å². The van der Waals surface area contributed by atoms with E-state index >= 15 is 0 Å². The summed E-state index contributed by atoms with van der Waals surface area (Å²) in [5.74, 6) is 4.29. The van der Waals surface area contributed by atoms with Crippen LogP contribution in [0.3, 0.4) is 0 Å². The number of fused-ring (bicyclic) bond motifs is 8. The van der Waals surface area contributed by atoms with Gasteiger partial charge in [0.2, 0.25) is 0 Å². The minimum Gasteiger partial charge on any atom is -0.376 e. The summed E-state index contributed by atoms with van der Waals surface area (Å²) in [5.41, 5.74) is 17.2. The molecule has 2 aliphatic rings. The number of aromatic nitrogens is 3. The molecule has 0 aliphatic carbocycles. The van der Waals surface area contributed by atoms with Crippen molar-refractivity contribution in [3.05, 3.63) is 212 Å². The molecule has 1 aromatic heterocycles. The standard InChI is InChI=1S/C53H35BN4/c1-5-15-36(16-6-1)43-31-44(37-17-7-2-8-18-37)33-45(32-43)41-25-28-47-46-27-26-42(34-48(46)54-30-29-38-19-13-14-24-49(38)58(54)50(47)35-41)53-56-51(39-20-9-3-10-21-39)55-52(57-53)40-22-11-4-12-23-40/h1-35H. The van der Waals surface area contributed by atoms with E-state index in [4.69, 9.17) is 15.0 Å². The lowest BCUT2D eigenvalue weighted by atomic mass is 9.48. The summed E-state index contributed by atoms with van der Waals surface area (Å²) in [6.45, 7) is -0.0350. The van der Waals surface area contributed by atoms with Crippen LogP contribution in [-0.2, 0) is 0 Å². The third-order valence-electron chi connectivity index (χ3n) is 11.3. The van der Waals surface area contributed by atoms with Gasteiger partial charge in [0.25, 0.3) is 0 Å². The summed E-state index contributed by atoms with van der Waals surface area (Å²) in [5, 5.41) is 0. The zero-order chi connectivity index (χ0) is 38.4. The van der Waals surface area contributed by atoms with Crippen LogP contribution in [0.4, 0.5) is 11.4 Å². The Labute approximate surface area is 338 Å². The predicted molar refractivity (Wildman–Crippen MR) is 241 cm³/mol. The number of benzene rings is 8. The maximum Gasteiger partial charge on any atom is 0.321 e. The Hall–Kier alpha value is -7.63. The number of para-hydroxylation sites is 1. The second-order valence-electron chi connectivity index (χ2n) is 14.8. The van der Waals surface area contributed by atoms with Crippen molar-refractivity contribution in [3.63, 3.8) is 0 Å². The first kappa shape index (κ1) is 33.7. The molecule has 0 radical (unpaired) electrons. The molecule has 4 nitrogen and oxygen atoms in total. The highest BCUT2D eigenvalue weighted by atomic mass is 15.1. The van der Waals surface area contributed by atoms with E-state index in [2.05, 4.69) is 181 Å². The molecule has 3 heterocycles. The first-order chi connectivity index (χ1) is 28.7. The molecular formula is C53H35BN4. The molecule has 0 spiro atoms. The van der Waals surface area contributed by atoms with Crippen molar-refractivity contribution in [3.8, 4) is 78.7 Å².